The molecule has 0 aliphatic carbocycles. The fourth-order valence-electron chi connectivity index (χ4n) is 3.03. The van der Waals surface area contributed by atoms with Crippen LogP contribution in [0.5, 0.6) is 11.5 Å². The molecule has 2 aromatic rings. The number of hydrogen-bond donors (Lipinski definition) is 3. The Morgan fingerprint density at radius 2 is 1.96 bits per heavy atom. The summed E-state index contributed by atoms with van der Waals surface area (Å²) >= 11 is 0. The quantitative estimate of drug-likeness (QED) is 0.668. The first-order valence-corrected chi connectivity index (χ1v) is 8.61. The summed E-state index contributed by atoms with van der Waals surface area (Å²) in [6.45, 7) is 4.19. The van der Waals surface area contributed by atoms with Gasteiger partial charge >= 0.3 is 0 Å². The number of phenols is 1. The number of hydrogen-bond acceptors (Lipinski definition) is 4. The van der Waals surface area contributed by atoms with E-state index in [-0.39, 0.29) is 17.2 Å². The molecule has 1 saturated heterocycles. The highest BCUT2D eigenvalue weighted by Crippen LogP contribution is 2.42. The molecule has 1 unspecified atom stereocenters. The second-order valence-corrected chi connectivity index (χ2v) is 6.15. The second kappa shape index (κ2) is 8.60. The monoisotopic (exact) mass is 369 g/mol. The fraction of sp³-hybridized carbons (Fsp3) is 0.250. The lowest BCUT2D eigenvalue weighted by molar-refractivity contribution is -0.670. The van der Waals surface area contributed by atoms with Crippen molar-refractivity contribution >= 4 is 11.8 Å². The molecule has 140 valence electrons. The zero-order chi connectivity index (χ0) is 19.2. The van der Waals surface area contributed by atoms with Gasteiger partial charge in [0.25, 0.3) is 0 Å². The summed E-state index contributed by atoms with van der Waals surface area (Å²) in [5.41, 5.74) is 1.29. The maximum Gasteiger partial charge on any atom is 0.222 e. The van der Waals surface area contributed by atoms with E-state index in [0.717, 1.165) is 26.3 Å². The summed E-state index contributed by atoms with van der Waals surface area (Å²) in [4.78, 5) is 0. The maximum absolute atomic E-state index is 13.5. The number of nitrogens with zero attached hydrogens (tertiary/aromatic N) is 1. The molecule has 27 heavy (non-hydrogen) atoms. The SMILES string of the molecule is C1COCC[NH2+]1.[N-]=C=C1C(=N)Oc2cc(O)ccc2C1c1cccc(F)c1. The Bertz CT molecular complexity index is 878. The van der Waals surface area contributed by atoms with E-state index >= 15 is 0 Å². The summed E-state index contributed by atoms with van der Waals surface area (Å²) in [7, 11) is 0. The molecule has 2 aromatic carbocycles. The molecule has 0 amide bonds. The van der Waals surface area contributed by atoms with E-state index in [9.17, 15) is 14.9 Å². The number of aromatic hydroxyl groups is 1. The number of benzene rings is 2. The van der Waals surface area contributed by atoms with Crippen LogP contribution in [0.15, 0.2) is 48.0 Å². The van der Waals surface area contributed by atoms with Crippen molar-refractivity contribution in [1.29, 1.82) is 5.41 Å². The molecule has 2 heterocycles. The molecule has 2 aliphatic rings. The standard InChI is InChI=1S/C16H10FN2O2.C4H9NO/c17-10-3-1-2-9(6-10)15-12-5-4-11(20)7-14(12)21-16(19)13(15)8-18;1-3-6-4-2-5-1/h1-7,15,19-20H;5H,1-4H2/q-1;/p+1. The summed E-state index contributed by atoms with van der Waals surface area (Å²) in [6.07, 6.45) is 0. The highest BCUT2D eigenvalue weighted by molar-refractivity contribution is 6.05. The Labute approximate surface area is 156 Å². The molecule has 7 heteroatoms. The predicted octanol–water partition coefficient (Wildman–Crippen LogP) is 1.78. The molecule has 4 rings (SSSR count). The minimum absolute atomic E-state index is 0.0000464. The number of rotatable bonds is 1. The smallest absolute Gasteiger partial charge is 0.222 e. The van der Waals surface area contributed by atoms with Crippen LogP contribution in [-0.4, -0.2) is 43.2 Å². The molecule has 1 atom stereocenters. The van der Waals surface area contributed by atoms with Crippen molar-refractivity contribution in [3.63, 3.8) is 0 Å². The maximum atomic E-state index is 13.5. The van der Waals surface area contributed by atoms with Gasteiger partial charge in [-0.15, -0.1) is 0 Å². The summed E-state index contributed by atoms with van der Waals surface area (Å²) in [5.74, 6) is 0.977. The van der Waals surface area contributed by atoms with Gasteiger partial charge < -0.3 is 25.3 Å². The van der Waals surface area contributed by atoms with E-state index < -0.39 is 11.7 Å². The summed E-state index contributed by atoms with van der Waals surface area (Å²) < 4.78 is 23.8. The van der Waals surface area contributed by atoms with Crippen molar-refractivity contribution in [3.8, 4) is 11.5 Å². The van der Waals surface area contributed by atoms with E-state index in [1.54, 1.807) is 18.2 Å². The van der Waals surface area contributed by atoms with Crippen LogP contribution in [0.1, 0.15) is 17.0 Å². The molecule has 2 aliphatic heterocycles. The van der Waals surface area contributed by atoms with E-state index in [2.05, 4.69) is 5.32 Å². The molecule has 0 aromatic heterocycles. The molecule has 0 saturated carbocycles. The number of nitrogens with two attached hydrogens (primary N) is 1. The highest BCUT2D eigenvalue weighted by atomic mass is 19.1. The van der Waals surface area contributed by atoms with Crippen LogP contribution in [0.4, 0.5) is 4.39 Å². The zero-order valence-corrected chi connectivity index (χ0v) is 14.6. The largest absolute Gasteiger partial charge is 0.763 e. The number of fused-ring (bicyclic) bond motifs is 1. The normalized spacial score (nSPS) is 18.5. The molecule has 4 N–H and O–H groups in total. The minimum Gasteiger partial charge on any atom is -0.763 e. The van der Waals surface area contributed by atoms with Gasteiger partial charge in [0.2, 0.25) is 5.90 Å². The Morgan fingerprint density at radius 1 is 1.19 bits per heavy atom. The van der Waals surface area contributed by atoms with Crippen molar-refractivity contribution in [2.75, 3.05) is 26.3 Å². The highest BCUT2D eigenvalue weighted by Gasteiger charge is 2.31. The van der Waals surface area contributed by atoms with Gasteiger partial charge in [-0.25, -0.2) is 4.39 Å². The Morgan fingerprint density at radius 3 is 2.56 bits per heavy atom. The van der Waals surface area contributed by atoms with Crippen molar-refractivity contribution < 1.29 is 24.3 Å². The van der Waals surface area contributed by atoms with E-state index in [1.165, 1.54) is 24.3 Å². The van der Waals surface area contributed by atoms with Crippen LogP contribution in [0.3, 0.4) is 0 Å². The average Bonchev–Trinajstić information content (AvgIpc) is 2.68. The molecule has 1 fully saturated rings. The number of halogens is 1. The Balaban J connectivity index is 0.000000299. The molecule has 0 radical (unpaired) electrons. The molecule has 0 spiro atoms. The topological polar surface area (TPSA) is 101 Å². The summed E-state index contributed by atoms with van der Waals surface area (Å²) in [6, 6.07) is 10.4. The van der Waals surface area contributed by atoms with Gasteiger partial charge in [0.05, 0.1) is 26.3 Å². The van der Waals surface area contributed by atoms with Gasteiger partial charge in [-0.05, 0) is 23.8 Å². The number of nitrogens with one attached hydrogen (secondary N) is 1. The van der Waals surface area contributed by atoms with Gasteiger partial charge in [0, 0.05) is 23.1 Å². The fourth-order valence-corrected chi connectivity index (χ4v) is 3.03. The number of phenolic OH excluding ortho intramolecular Hbond substituents is 1. The van der Waals surface area contributed by atoms with Crippen molar-refractivity contribution in [2.45, 2.75) is 5.92 Å². The Hall–Kier alpha value is -2.99. The van der Waals surface area contributed by atoms with Crippen molar-refractivity contribution in [2.24, 2.45) is 0 Å². The molecule has 0 bridgehead atoms. The third-order valence-electron chi connectivity index (χ3n) is 4.29. The first-order chi connectivity index (χ1) is 13.1. The van der Waals surface area contributed by atoms with Crippen molar-refractivity contribution in [3.05, 3.63) is 70.4 Å². The van der Waals surface area contributed by atoms with Gasteiger partial charge in [0.1, 0.15) is 17.3 Å². The predicted molar refractivity (Wildman–Crippen MR) is 99.1 cm³/mol. The lowest BCUT2D eigenvalue weighted by atomic mass is 9.83. The van der Waals surface area contributed by atoms with Crippen LogP contribution in [0.2, 0.25) is 0 Å². The third-order valence-corrected chi connectivity index (χ3v) is 4.29. The van der Waals surface area contributed by atoms with E-state index in [0.29, 0.717) is 16.9 Å². The van der Waals surface area contributed by atoms with Gasteiger partial charge in [-0.3, -0.25) is 11.3 Å². The third kappa shape index (κ3) is 4.41. The lowest BCUT2D eigenvalue weighted by Crippen LogP contribution is -2.87. The van der Waals surface area contributed by atoms with Gasteiger partial charge in [-0.2, -0.15) is 0 Å². The first-order valence-electron chi connectivity index (χ1n) is 8.61. The number of morpholine rings is 1. The van der Waals surface area contributed by atoms with Crippen LogP contribution in [-0.2, 0) is 4.74 Å². The minimum atomic E-state index is -0.581. The van der Waals surface area contributed by atoms with E-state index in [1.807, 2.05) is 5.87 Å². The van der Waals surface area contributed by atoms with Crippen molar-refractivity contribution in [1.82, 2.24) is 0 Å². The molecular formula is C20H20FN3O3. The average molecular weight is 369 g/mol. The van der Waals surface area contributed by atoms with Crippen LogP contribution in [0.25, 0.3) is 5.41 Å². The number of ether oxygens (including phenoxy) is 2. The number of quaternary nitrogens is 1. The van der Waals surface area contributed by atoms with Gasteiger partial charge in [-0.1, -0.05) is 18.2 Å². The molecular weight excluding hydrogens is 349 g/mol. The van der Waals surface area contributed by atoms with Crippen LogP contribution < -0.4 is 10.1 Å². The van der Waals surface area contributed by atoms with Gasteiger partial charge in [0.15, 0.2) is 0 Å². The zero-order valence-electron chi connectivity index (χ0n) is 14.6. The second-order valence-electron chi connectivity index (χ2n) is 6.15. The van der Waals surface area contributed by atoms with Crippen LogP contribution >= 0.6 is 0 Å². The van der Waals surface area contributed by atoms with Crippen LogP contribution in [0, 0.1) is 11.2 Å². The lowest BCUT2D eigenvalue weighted by Gasteiger charge is -2.28. The Kier molecular flexibility index (Phi) is 5.98. The summed E-state index contributed by atoms with van der Waals surface area (Å²) in [5, 5.41) is 28.9. The molecule has 6 nitrogen and oxygen atoms in total. The first kappa shape index (κ1) is 18.8. The van der Waals surface area contributed by atoms with E-state index in [4.69, 9.17) is 14.9 Å².